The summed E-state index contributed by atoms with van der Waals surface area (Å²) in [5.41, 5.74) is 2.51. The summed E-state index contributed by atoms with van der Waals surface area (Å²) in [5.74, 6) is 0.916. The molecule has 1 N–H and O–H groups in total. The van der Waals surface area contributed by atoms with E-state index in [-0.39, 0.29) is 6.04 Å². The SMILES string of the molecule is N#Cc1ccc(NC2COc3ccccc32)cc1Cl. The Morgan fingerprint density at radius 1 is 1.26 bits per heavy atom. The van der Waals surface area contributed by atoms with Crippen molar-refractivity contribution in [1.29, 1.82) is 5.26 Å². The number of benzene rings is 2. The number of ether oxygens (including phenoxy) is 1. The first-order valence-corrected chi connectivity index (χ1v) is 6.33. The molecule has 1 aliphatic rings. The molecule has 0 saturated heterocycles. The summed E-state index contributed by atoms with van der Waals surface area (Å²) in [4.78, 5) is 0. The average Bonchev–Trinajstić information content (AvgIpc) is 2.83. The van der Waals surface area contributed by atoms with E-state index in [1.807, 2.05) is 36.4 Å². The molecule has 19 heavy (non-hydrogen) atoms. The number of anilines is 1. The number of hydrogen-bond donors (Lipinski definition) is 1. The van der Waals surface area contributed by atoms with Crippen molar-refractivity contribution in [3.05, 3.63) is 58.6 Å². The summed E-state index contributed by atoms with van der Waals surface area (Å²) in [6.07, 6.45) is 0. The van der Waals surface area contributed by atoms with E-state index < -0.39 is 0 Å². The molecule has 2 aromatic carbocycles. The van der Waals surface area contributed by atoms with Gasteiger partial charge in [-0.25, -0.2) is 0 Å². The Balaban J connectivity index is 1.84. The molecule has 1 heterocycles. The number of para-hydroxylation sites is 1. The lowest BCUT2D eigenvalue weighted by Gasteiger charge is -2.13. The lowest BCUT2D eigenvalue weighted by molar-refractivity contribution is 0.340. The second kappa shape index (κ2) is 4.83. The third-order valence-electron chi connectivity index (χ3n) is 3.13. The molecule has 0 spiro atoms. The quantitative estimate of drug-likeness (QED) is 0.904. The minimum Gasteiger partial charge on any atom is -0.491 e. The van der Waals surface area contributed by atoms with E-state index >= 15 is 0 Å². The van der Waals surface area contributed by atoms with Crippen LogP contribution >= 0.6 is 11.6 Å². The first-order chi connectivity index (χ1) is 9.28. The van der Waals surface area contributed by atoms with E-state index in [0.29, 0.717) is 17.2 Å². The third kappa shape index (κ3) is 2.23. The van der Waals surface area contributed by atoms with Gasteiger partial charge >= 0.3 is 0 Å². The summed E-state index contributed by atoms with van der Waals surface area (Å²) >= 11 is 6.02. The van der Waals surface area contributed by atoms with Gasteiger partial charge in [0.05, 0.1) is 16.6 Å². The fourth-order valence-corrected chi connectivity index (χ4v) is 2.40. The first kappa shape index (κ1) is 11.9. The predicted octanol–water partition coefficient (Wildman–Crippen LogP) is 3.76. The smallest absolute Gasteiger partial charge is 0.124 e. The van der Waals surface area contributed by atoms with E-state index in [4.69, 9.17) is 21.6 Å². The molecule has 0 fully saturated rings. The van der Waals surface area contributed by atoms with Gasteiger partial charge in [-0.2, -0.15) is 5.26 Å². The van der Waals surface area contributed by atoms with E-state index in [2.05, 4.69) is 5.32 Å². The van der Waals surface area contributed by atoms with Crippen LogP contribution in [0.4, 0.5) is 5.69 Å². The summed E-state index contributed by atoms with van der Waals surface area (Å²) in [7, 11) is 0. The summed E-state index contributed by atoms with van der Waals surface area (Å²) in [6, 6.07) is 15.5. The van der Waals surface area contributed by atoms with Crippen molar-refractivity contribution in [2.24, 2.45) is 0 Å². The fraction of sp³-hybridized carbons (Fsp3) is 0.133. The highest BCUT2D eigenvalue weighted by molar-refractivity contribution is 6.32. The Morgan fingerprint density at radius 3 is 2.89 bits per heavy atom. The predicted molar refractivity (Wildman–Crippen MR) is 74.5 cm³/mol. The van der Waals surface area contributed by atoms with Crippen molar-refractivity contribution in [1.82, 2.24) is 0 Å². The largest absolute Gasteiger partial charge is 0.491 e. The monoisotopic (exact) mass is 270 g/mol. The van der Waals surface area contributed by atoms with Gasteiger partial charge in [-0.15, -0.1) is 0 Å². The van der Waals surface area contributed by atoms with Gasteiger partial charge in [0.1, 0.15) is 18.4 Å². The van der Waals surface area contributed by atoms with Gasteiger partial charge in [0.25, 0.3) is 0 Å². The molecule has 4 heteroatoms. The molecule has 0 saturated carbocycles. The standard InChI is InChI=1S/C15H11ClN2O/c16-13-7-11(6-5-10(13)8-17)18-14-9-19-15-4-2-1-3-12(14)15/h1-7,14,18H,9H2. The van der Waals surface area contributed by atoms with Crippen LogP contribution in [0.25, 0.3) is 0 Å². The van der Waals surface area contributed by atoms with Crippen LogP contribution in [-0.2, 0) is 0 Å². The first-order valence-electron chi connectivity index (χ1n) is 5.96. The second-order valence-corrected chi connectivity index (χ2v) is 4.76. The lowest BCUT2D eigenvalue weighted by Crippen LogP contribution is -2.11. The van der Waals surface area contributed by atoms with Crippen LogP contribution < -0.4 is 10.1 Å². The molecule has 0 bridgehead atoms. The molecular weight excluding hydrogens is 260 g/mol. The molecule has 1 unspecified atom stereocenters. The van der Waals surface area contributed by atoms with E-state index in [1.54, 1.807) is 12.1 Å². The molecule has 0 aliphatic carbocycles. The van der Waals surface area contributed by atoms with Crippen LogP contribution in [0, 0.1) is 11.3 Å². The molecule has 3 rings (SSSR count). The van der Waals surface area contributed by atoms with Crippen molar-refractivity contribution in [3.8, 4) is 11.8 Å². The number of rotatable bonds is 2. The number of halogens is 1. The molecule has 2 aromatic rings. The molecule has 94 valence electrons. The number of nitrogens with one attached hydrogen (secondary N) is 1. The number of hydrogen-bond acceptors (Lipinski definition) is 3. The van der Waals surface area contributed by atoms with Gasteiger partial charge in [0.2, 0.25) is 0 Å². The Morgan fingerprint density at radius 2 is 2.11 bits per heavy atom. The molecule has 3 nitrogen and oxygen atoms in total. The minimum absolute atomic E-state index is 0.111. The highest BCUT2D eigenvalue weighted by atomic mass is 35.5. The summed E-state index contributed by atoms with van der Waals surface area (Å²) in [6.45, 7) is 0.594. The summed E-state index contributed by atoms with van der Waals surface area (Å²) in [5, 5.41) is 12.7. The van der Waals surface area contributed by atoms with Gasteiger partial charge in [-0.05, 0) is 24.3 Å². The van der Waals surface area contributed by atoms with Crippen LogP contribution in [0.3, 0.4) is 0 Å². The van der Waals surface area contributed by atoms with Crippen LogP contribution in [0.5, 0.6) is 5.75 Å². The number of nitrogens with zero attached hydrogens (tertiary/aromatic N) is 1. The number of fused-ring (bicyclic) bond motifs is 1. The van der Waals surface area contributed by atoms with Crippen molar-refractivity contribution < 1.29 is 4.74 Å². The molecule has 0 amide bonds. The molecule has 0 radical (unpaired) electrons. The van der Waals surface area contributed by atoms with Crippen molar-refractivity contribution in [2.75, 3.05) is 11.9 Å². The van der Waals surface area contributed by atoms with Crippen LogP contribution in [-0.4, -0.2) is 6.61 Å². The topological polar surface area (TPSA) is 45.0 Å². The van der Waals surface area contributed by atoms with Crippen molar-refractivity contribution in [3.63, 3.8) is 0 Å². The van der Waals surface area contributed by atoms with Crippen molar-refractivity contribution >= 4 is 17.3 Å². The normalized spacial score (nSPS) is 16.3. The van der Waals surface area contributed by atoms with Crippen LogP contribution in [0.15, 0.2) is 42.5 Å². The minimum atomic E-state index is 0.111. The van der Waals surface area contributed by atoms with Gasteiger partial charge in [-0.1, -0.05) is 29.8 Å². The van der Waals surface area contributed by atoms with Crippen LogP contribution in [0.1, 0.15) is 17.2 Å². The maximum Gasteiger partial charge on any atom is 0.124 e. The highest BCUT2D eigenvalue weighted by Crippen LogP contribution is 2.34. The van der Waals surface area contributed by atoms with E-state index in [9.17, 15) is 0 Å². The fourth-order valence-electron chi connectivity index (χ4n) is 2.18. The Hall–Kier alpha value is -2.18. The Kier molecular flexibility index (Phi) is 3.02. The van der Waals surface area contributed by atoms with E-state index in [1.165, 1.54) is 0 Å². The number of nitriles is 1. The molecule has 1 atom stereocenters. The lowest BCUT2D eigenvalue weighted by atomic mass is 10.1. The van der Waals surface area contributed by atoms with E-state index in [0.717, 1.165) is 17.0 Å². The highest BCUT2D eigenvalue weighted by Gasteiger charge is 2.23. The third-order valence-corrected chi connectivity index (χ3v) is 3.44. The Labute approximate surface area is 116 Å². The summed E-state index contributed by atoms with van der Waals surface area (Å²) < 4.78 is 5.61. The zero-order valence-corrected chi connectivity index (χ0v) is 10.8. The molecule has 1 aliphatic heterocycles. The average molecular weight is 271 g/mol. The van der Waals surface area contributed by atoms with Gasteiger partial charge < -0.3 is 10.1 Å². The second-order valence-electron chi connectivity index (χ2n) is 4.35. The zero-order chi connectivity index (χ0) is 13.2. The van der Waals surface area contributed by atoms with Gasteiger partial charge in [-0.3, -0.25) is 0 Å². The van der Waals surface area contributed by atoms with Gasteiger partial charge in [0.15, 0.2) is 0 Å². The maximum atomic E-state index is 8.85. The van der Waals surface area contributed by atoms with Crippen molar-refractivity contribution in [2.45, 2.75) is 6.04 Å². The zero-order valence-electron chi connectivity index (χ0n) is 10.1. The molecule has 0 aromatic heterocycles. The molecular formula is C15H11ClN2O. The Bertz CT molecular complexity index is 663. The van der Waals surface area contributed by atoms with Crippen LogP contribution in [0.2, 0.25) is 5.02 Å². The maximum absolute atomic E-state index is 8.85. The van der Waals surface area contributed by atoms with Gasteiger partial charge in [0, 0.05) is 11.3 Å².